The number of carbonyl (C=O) groups excluding carboxylic acids is 1. The van der Waals surface area contributed by atoms with Crippen molar-refractivity contribution in [3.8, 4) is 17.3 Å². The first-order chi connectivity index (χ1) is 12.0. The lowest BCUT2D eigenvalue weighted by Crippen LogP contribution is -2.22. The number of rotatable bonds is 3. The smallest absolute Gasteiger partial charge is 0.276 e. The molecule has 0 aliphatic carbocycles. The molecule has 2 aromatic heterocycles. The minimum atomic E-state index is -0.230. The number of carbonyl (C=O) groups is 1. The van der Waals surface area contributed by atoms with Crippen LogP contribution in [0.2, 0.25) is 0 Å². The predicted octanol–water partition coefficient (Wildman–Crippen LogP) is 2.04. The summed E-state index contributed by atoms with van der Waals surface area (Å²) in [7, 11) is 1.57. The standard InChI is InChI=1S/C18H17N5O2/c1-10(2)14-15(11-4-6-12(7-5-11)17(24)20-3)22-16-13(8-19)9-21-23(16)18(14)25/h4-7,9-10,21H,1-3H3,(H,20,24). The Bertz CT molecular complexity index is 1050. The van der Waals surface area contributed by atoms with Gasteiger partial charge >= 0.3 is 0 Å². The summed E-state index contributed by atoms with van der Waals surface area (Å²) in [6, 6.07) is 8.91. The average Bonchev–Trinajstić information content (AvgIpc) is 3.04. The third kappa shape index (κ3) is 2.68. The number of fused-ring (bicyclic) bond motifs is 1. The fourth-order valence-electron chi connectivity index (χ4n) is 2.77. The Morgan fingerprint density at radius 1 is 1.32 bits per heavy atom. The molecule has 0 unspecified atom stereocenters. The summed E-state index contributed by atoms with van der Waals surface area (Å²) in [6.07, 6.45) is 1.46. The minimum absolute atomic E-state index is 0.0562. The van der Waals surface area contributed by atoms with Crippen molar-refractivity contribution in [2.24, 2.45) is 0 Å². The van der Waals surface area contributed by atoms with Gasteiger partial charge in [0.05, 0.1) is 5.69 Å². The molecule has 0 spiro atoms. The molecule has 0 aliphatic heterocycles. The molecule has 2 heterocycles. The SMILES string of the molecule is CNC(=O)c1ccc(-c2nc3c(C#N)c[nH]n3c(=O)c2C(C)C)cc1. The van der Waals surface area contributed by atoms with Gasteiger partial charge in [-0.1, -0.05) is 26.0 Å². The molecule has 1 amide bonds. The second kappa shape index (κ2) is 6.24. The van der Waals surface area contributed by atoms with Crippen LogP contribution >= 0.6 is 0 Å². The van der Waals surface area contributed by atoms with E-state index in [0.29, 0.717) is 28.0 Å². The summed E-state index contributed by atoms with van der Waals surface area (Å²) in [6.45, 7) is 3.84. The summed E-state index contributed by atoms with van der Waals surface area (Å²) in [5.41, 5.74) is 2.69. The number of amides is 1. The van der Waals surface area contributed by atoms with E-state index in [1.807, 2.05) is 19.9 Å². The Balaban J connectivity index is 2.27. The molecule has 7 nitrogen and oxygen atoms in total. The molecule has 0 fully saturated rings. The van der Waals surface area contributed by atoms with Crippen molar-refractivity contribution in [1.29, 1.82) is 5.26 Å². The number of H-pyrrole nitrogens is 1. The number of hydrogen-bond acceptors (Lipinski definition) is 4. The first kappa shape index (κ1) is 16.5. The van der Waals surface area contributed by atoms with Crippen molar-refractivity contribution in [3.05, 3.63) is 57.5 Å². The van der Waals surface area contributed by atoms with Crippen LogP contribution in [0.25, 0.3) is 16.9 Å². The van der Waals surface area contributed by atoms with Crippen LogP contribution in [0.3, 0.4) is 0 Å². The maximum Gasteiger partial charge on any atom is 0.276 e. The molecule has 0 bridgehead atoms. The third-order valence-electron chi connectivity index (χ3n) is 4.04. The topological polar surface area (TPSA) is 103 Å². The average molecular weight is 335 g/mol. The normalized spacial score (nSPS) is 10.8. The van der Waals surface area contributed by atoms with Crippen LogP contribution in [0.15, 0.2) is 35.3 Å². The van der Waals surface area contributed by atoms with Crippen molar-refractivity contribution in [1.82, 2.24) is 19.9 Å². The lowest BCUT2D eigenvalue weighted by Gasteiger charge is -2.12. The van der Waals surface area contributed by atoms with Gasteiger partial charge in [-0.25, -0.2) is 9.50 Å². The van der Waals surface area contributed by atoms with Gasteiger partial charge in [-0.2, -0.15) is 5.26 Å². The summed E-state index contributed by atoms with van der Waals surface area (Å²) in [5.74, 6) is -0.240. The highest BCUT2D eigenvalue weighted by Gasteiger charge is 2.20. The second-order valence-corrected chi connectivity index (χ2v) is 5.95. The first-order valence-electron chi connectivity index (χ1n) is 7.84. The largest absolute Gasteiger partial charge is 0.355 e. The van der Waals surface area contributed by atoms with Gasteiger partial charge < -0.3 is 5.32 Å². The maximum atomic E-state index is 12.8. The number of aromatic amines is 1. The van der Waals surface area contributed by atoms with Crippen LogP contribution in [0, 0.1) is 11.3 Å². The van der Waals surface area contributed by atoms with Gasteiger partial charge in [0.2, 0.25) is 0 Å². The van der Waals surface area contributed by atoms with Gasteiger partial charge in [-0.15, -0.1) is 0 Å². The highest BCUT2D eigenvalue weighted by molar-refractivity contribution is 5.94. The predicted molar refractivity (Wildman–Crippen MR) is 93.4 cm³/mol. The molecule has 0 saturated heterocycles. The van der Waals surface area contributed by atoms with Gasteiger partial charge in [0.15, 0.2) is 5.65 Å². The molecule has 0 aliphatic rings. The zero-order chi connectivity index (χ0) is 18.1. The minimum Gasteiger partial charge on any atom is -0.355 e. The lowest BCUT2D eigenvalue weighted by molar-refractivity contribution is 0.0963. The monoisotopic (exact) mass is 335 g/mol. The number of nitriles is 1. The van der Waals surface area contributed by atoms with Crippen LogP contribution in [0.1, 0.15) is 41.3 Å². The number of aromatic nitrogens is 3. The van der Waals surface area contributed by atoms with Crippen molar-refractivity contribution in [2.75, 3.05) is 7.05 Å². The Kier molecular flexibility index (Phi) is 4.11. The van der Waals surface area contributed by atoms with E-state index in [-0.39, 0.29) is 17.4 Å². The van der Waals surface area contributed by atoms with E-state index in [0.717, 1.165) is 5.56 Å². The van der Waals surface area contributed by atoms with Gasteiger partial charge in [0.25, 0.3) is 11.5 Å². The molecule has 3 rings (SSSR count). The van der Waals surface area contributed by atoms with E-state index in [4.69, 9.17) is 0 Å². The summed E-state index contributed by atoms with van der Waals surface area (Å²) in [4.78, 5) is 29.1. The fraction of sp³-hybridized carbons (Fsp3) is 0.222. The highest BCUT2D eigenvalue weighted by atomic mass is 16.1. The quantitative estimate of drug-likeness (QED) is 0.764. The molecule has 0 atom stereocenters. The number of benzene rings is 1. The Hall–Kier alpha value is -3.40. The van der Waals surface area contributed by atoms with Crippen molar-refractivity contribution < 1.29 is 4.79 Å². The van der Waals surface area contributed by atoms with E-state index in [1.165, 1.54) is 10.7 Å². The van der Waals surface area contributed by atoms with E-state index >= 15 is 0 Å². The van der Waals surface area contributed by atoms with E-state index in [9.17, 15) is 14.9 Å². The van der Waals surface area contributed by atoms with Crippen LogP contribution in [-0.4, -0.2) is 27.6 Å². The maximum absolute atomic E-state index is 12.8. The van der Waals surface area contributed by atoms with Crippen LogP contribution in [0.5, 0.6) is 0 Å². The molecule has 0 radical (unpaired) electrons. The first-order valence-corrected chi connectivity index (χ1v) is 7.84. The van der Waals surface area contributed by atoms with Crippen molar-refractivity contribution in [2.45, 2.75) is 19.8 Å². The number of nitrogens with zero attached hydrogens (tertiary/aromatic N) is 3. The van der Waals surface area contributed by atoms with Crippen LogP contribution in [0.4, 0.5) is 0 Å². The van der Waals surface area contributed by atoms with Crippen molar-refractivity contribution in [3.63, 3.8) is 0 Å². The van der Waals surface area contributed by atoms with Gasteiger partial charge in [0.1, 0.15) is 11.6 Å². The Labute approximate surface area is 143 Å². The van der Waals surface area contributed by atoms with E-state index < -0.39 is 0 Å². The molecule has 2 N–H and O–H groups in total. The zero-order valence-electron chi connectivity index (χ0n) is 14.1. The summed E-state index contributed by atoms with van der Waals surface area (Å²) in [5, 5.41) is 14.6. The second-order valence-electron chi connectivity index (χ2n) is 5.95. The Morgan fingerprint density at radius 2 is 2.00 bits per heavy atom. The zero-order valence-corrected chi connectivity index (χ0v) is 14.1. The lowest BCUT2D eigenvalue weighted by atomic mass is 9.97. The molecular weight excluding hydrogens is 318 g/mol. The molecule has 0 saturated carbocycles. The molecule has 7 heteroatoms. The molecule has 126 valence electrons. The van der Waals surface area contributed by atoms with Crippen LogP contribution in [-0.2, 0) is 0 Å². The van der Waals surface area contributed by atoms with Gasteiger partial charge in [-0.3, -0.25) is 14.7 Å². The fourth-order valence-corrected chi connectivity index (χ4v) is 2.77. The van der Waals surface area contributed by atoms with E-state index in [1.54, 1.807) is 31.3 Å². The third-order valence-corrected chi connectivity index (χ3v) is 4.04. The highest BCUT2D eigenvalue weighted by Crippen LogP contribution is 2.26. The van der Waals surface area contributed by atoms with Crippen molar-refractivity contribution >= 4 is 11.6 Å². The number of nitrogens with one attached hydrogen (secondary N) is 2. The molecule has 25 heavy (non-hydrogen) atoms. The molecular formula is C18H17N5O2. The molecule has 3 aromatic rings. The van der Waals surface area contributed by atoms with Gasteiger partial charge in [0, 0.05) is 29.9 Å². The summed E-state index contributed by atoms with van der Waals surface area (Å²) < 4.78 is 1.29. The van der Waals surface area contributed by atoms with E-state index in [2.05, 4.69) is 15.4 Å². The summed E-state index contributed by atoms with van der Waals surface area (Å²) >= 11 is 0. The number of hydrogen-bond donors (Lipinski definition) is 2. The molecule has 1 aromatic carbocycles. The van der Waals surface area contributed by atoms with Crippen LogP contribution < -0.4 is 10.9 Å². The van der Waals surface area contributed by atoms with Gasteiger partial charge in [-0.05, 0) is 18.1 Å². The Morgan fingerprint density at radius 3 is 2.56 bits per heavy atom.